The minimum atomic E-state index is -1.88. The van der Waals surface area contributed by atoms with Crippen LogP contribution in [0.3, 0.4) is 0 Å². The number of ether oxygens (including phenoxy) is 2. The lowest BCUT2D eigenvalue weighted by Gasteiger charge is -2.20. The zero-order valence-electron chi connectivity index (χ0n) is 18.8. The number of halogens is 5. The molecule has 7 nitrogen and oxygen atoms in total. The summed E-state index contributed by atoms with van der Waals surface area (Å²) in [5.74, 6) is -1.11. The average Bonchev–Trinajstić information content (AvgIpc) is 3.36. The Labute approximate surface area is 245 Å². The Morgan fingerprint density at radius 3 is 2.14 bits per heavy atom. The maximum Gasteiger partial charge on any atom is 0.419 e. The Morgan fingerprint density at radius 1 is 1.00 bits per heavy atom. The fourth-order valence-corrected chi connectivity index (χ4v) is 3.84. The van der Waals surface area contributed by atoms with E-state index in [0.29, 0.717) is 5.69 Å². The van der Waals surface area contributed by atoms with Crippen LogP contribution in [0.1, 0.15) is 47.3 Å². The first-order valence-corrected chi connectivity index (χ1v) is 13.2. The van der Waals surface area contributed by atoms with Gasteiger partial charge in [0.1, 0.15) is 17.9 Å². The monoisotopic (exact) mass is 764 g/mol. The second-order valence-corrected chi connectivity index (χ2v) is 12.8. The van der Waals surface area contributed by atoms with E-state index in [0.717, 1.165) is 12.7 Å². The first-order valence-electron chi connectivity index (χ1n) is 9.95. The van der Waals surface area contributed by atoms with Crippen LogP contribution in [-0.2, 0) is 16.1 Å². The number of rotatable bonds is 4. The van der Waals surface area contributed by atoms with Crippen molar-refractivity contribution < 1.29 is 23.9 Å². The highest BCUT2D eigenvalue weighted by molar-refractivity contribution is 14.1. The molecule has 0 aliphatic heterocycles. The molecule has 2 heterocycles. The van der Waals surface area contributed by atoms with Crippen molar-refractivity contribution in [3.63, 3.8) is 0 Å². The van der Waals surface area contributed by atoms with Gasteiger partial charge in [0.15, 0.2) is 0 Å². The van der Waals surface area contributed by atoms with E-state index in [2.05, 4.69) is 4.98 Å². The summed E-state index contributed by atoms with van der Waals surface area (Å²) in [4.78, 5) is 38.4. The summed E-state index contributed by atoms with van der Waals surface area (Å²) in [7, 11) is 0. The Balaban J connectivity index is 0.000000303. The molecule has 0 saturated heterocycles. The first-order chi connectivity index (χ1) is 16.2. The number of H-pyrrole nitrogens is 1. The fraction of sp³-hybridized carbons (Fsp3) is 0.261. The van der Waals surface area contributed by atoms with Gasteiger partial charge in [-0.3, -0.25) is 4.79 Å². The van der Waals surface area contributed by atoms with Crippen molar-refractivity contribution in [2.75, 3.05) is 0 Å². The Bertz CT molecular complexity index is 1180. The van der Waals surface area contributed by atoms with Crippen molar-refractivity contribution in [3.8, 4) is 0 Å². The van der Waals surface area contributed by atoms with Gasteiger partial charge in [-0.1, -0.05) is 65.1 Å². The lowest BCUT2D eigenvalue weighted by atomic mass is 10.2. The van der Waals surface area contributed by atoms with E-state index in [4.69, 9.17) is 44.3 Å². The zero-order chi connectivity index (χ0) is 26.4. The highest BCUT2D eigenvalue weighted by Gasteiger charge is 2.32. The topological polar surface area (TPSA) is 90.4 Å². The molecule has 2 aromatic heterocycles. The second kappa shape index (κ2) is 12.8. The molecule has 3 aromatic rings. The maximum absolute atomic E-state index is 12.3. The van der Waals surface area contributed by atoms with Crippen LogP contribution in [0.4, 0.5) is 4.79 Å². The molecular weight excluding hydrogens is 744 g/mol. The molecule has 0 saturated carbocycles. The van der Waals surface area contributed by atoms with E-state index < -0.39 is 27.2 Å². The number of alkyl halides is 3. The molecule has 0 amide bonds. The number of Topliss-reactive ketones (excluding diaryl/α,β-unsaturated/α-hetero) is 1. The van der Waals surface area contributed by atoms with Crippen LogP contribution in [0.15, 0.2) is 54.9 Å². The lowest BCUT2D eigenvalue weighted by Crippen LogP contribution is -2.28. The molecule has 0 aliphatic rings. The van der Waals surface area contributed by atoms with Crippen molar-refractivity contribution in [3.05, 3.63) is 78.9 Å². The molecule has 3 rings (SSSR count). The summed E-state index contributed by atoms with van der Waals surface area (Å²) in [6.07, 6.45) is 2.60. The van der Waals surface area contributed by atoms with Gasteiger partial charge in [0.25, 0.3) is 3.79 Å². The number of esters is 1. The predicted octanol–water partition coefficient (Wildman–Crippen LogP) is 7.41. The van der Waals surface area contributed by atoms with E-state index in [1.54, 1.807) is 45.3 Å². The lowest BCUT2D eigenvalue weighted by molar-refractivity contribution is 0.0415. The number of carbonyl (C=O) groups excluding carboxylic acids is 3. The van der Waals surface area contributed by atoms with E-state index in [1.165, 1.54) is 4.57 Å². The van der Waals surface area contributed by atoms with E-state index in [9.17, 15) is 14.4 Å². The number of ketones is 1. The van der Waals surface area contributed by atoms with E-state index >= 15 is 0 Å². The van der Waals surface area contributed by atoms with Crippen LogP contribution in [0.2, 0.25) is 0 Å². The number of hydrogen-bond acceptors (Lipinski definition) is 5. The van der Waals surface area contributed by atoms with Gasteiger partial charge in [-0.05, 0) is 83.6 Å². The summed E-state index contributed by atoms with van der Waals surface area (Å²) in [6, 6.07) is 12.6. The van der Waals surface area contributed by atoms with Gasteiger partial charge in [0.2, 0.25) is 5.78 Å². The summed E-state index contributed by atoms with van der Waals surface area (Å²) >= 11 is 20.2. The normalized spacial score (nSPS) is 11.3. The number of benzene rings is 1. The van der Waals surface area contributed by atoms with Crippen molar-refractivity contribution in [1.82, 2.24) is 9.55 Å². The summed E-state index contributed by atoms with van der Waals surface area (Å²) in [5, 5.41) is 0. The quantitative estimate of drug-likeness (QED) is 0.130. The highest BCUT2D eigenvalue weighted by atomic mass is 127. The van der Waals surface area contributed by atoms with Gasteiger partial charge in [-0.15, -0.1) is 0 Å². The zero-order valence-corrected chi connectivity index (χ0v) is 25.4. The average molecular weight is 766 g/mol. The molecule has 0 radical (unpaired) electrons. The largest absolute Gasteiger partial charge is 0.456 e. The minimum Gasteiger partial charge on any atom is -0.456 e. The van der Waals surface area contributed by atoms with Gasteiger partial charge < -0.3 is 14.5 Å². The number of aromatic amines is 1. The van der Waals surface area contributed by atoms with Crippen LogP contribution in [0, 0.1) is 7.14 Å². The number of aromatic nitrogens is 2. The number of nitrogens with one attached hydrogen (secondary N) is 1. The third-order valence-corrected chi connectivity index (χ3v) is 5.68. The van der Waals surface area contributed by atoms with Crippen LogP contribution < -0.4 is 0 Å². The second-order valence-electron chi connectivity index (χ2n) is 8.01. The Morgan fingerprint density at radius 2 is 1.63 bits per heavy atom. The molecule has 1 aromatic carbocycles. The predicted molar refractivity (Wildman–Crippen MR) is 152 cm³/mol. The standard InChI is InChI=1S/C17H18INO4.C6H3Cl3INO/c1-17(2,3)23-16(21)19-10-13(18)9-14(19)15(20)22-11-12-7-5-4-6-8-12;7-6(8,9)5(12)4-1-3(10)2-11-4/h4-10H,11H2,1-3H3;1-2,11H. The molecule has 0 spiro atoms. The van der Waals surface area contributed by atoms with Crippen LogP contribution in [0.5, 0.6) is 0 Å². The maximum atomic E-state index is 12.3. The van der Waals surface area contributed by atoms with Crippen LogP contribution in [-0.4, -0.2) is 36.8 Å². The Kier molecular flexibility index (Phi) is 10.9. The molecule has 0 atom stereocenters. The minimum absolute atomic E-state index is 0.149. The van der Waals surface area contributed by atoms with Crippen molar-refractivity contribution in [1.29, 1.82) is 0 Å². The molecule has 0 aliphatic carbocycles. The molecule has 0 bridgehead atoms. The summed E-state index contributed by atoms with van der Waals surface area (Å²) in [5.41, 5.74) is 0.697. The fourth-order valence-electron chi connectivity index (χ4n) is 2.50. The highest BCUT2D eigenvalue weighted by Crippen LogP contribution is 2.30. The number of carbonyl (C=O) groups is 3. The molecule has 188 valence electrons. The van der Waals surface area contributed by atoms with Crippen molar-refractivity contribution >= 4 is 97.8 Å². The molecular formula is C23H21Cl3I2N2O5. The number of hydrogen-bond donors (Lipinski definition) is 1. The molecule has 0 fully saturated rings. The molecule has 1 N–H and O–H groups in total. The van der Waals surface area contributed by atoms with Gasteiger partial charge in [0.05, 0.1) is 5.69 Å². The van der Waals surface area contributed by atoms with E-state index in [1.807, 2.05) is 75.5 Å². The van der Waals surface area contributed by atoms with Gasteiger partial charge in [-0.2, -0.15) is 0 Å². The molecule has 12 heteroatoms. The third kappa shape index (κ3) is 9.95. The molecule has 0 unspecified atom stereocenters. The SMILES string of the molecule is CC(C)(C)OC(=O)n1cc(I)cc1C(=O)OCc1ccccc1.O=C(c1cc(I)c[nH]1)C(Cl)(Cl)Cl. The third-order valence-electron chi connectivity index (χ3n) is 3.95. The number of nitrogens with zero attached hydrogens (tertiary/aromatic N) is 1. The molecule has 35 heavy (non-hydrogen) atoms. The van der Waals surface area contributed by atoms with Crippen molar-refractivity contribution in [2.45, 2.75) is 36.8 Å². The van der Waals surface area contributed by atoms with Gasteiger partial charge in [0, 0.05) is 19.5 Å². The smallest absolute Gasteiger partial charge is 0.419 e. The first kappa shape index (κ1) is 29.9. The van der Waals surface area contributed by atoms with Crippen LogP contribution in [0.25, 0.3) is 0 Å². The van der Waals surface area contributed by atoms with Gasteiger partial charge in [-0.25, -0.2) is 14.2 Å². The summed E-state index contributed by atoms with van der Waals surface area (Å²) < 4.78 is 11.5. The van der Waals surface area contributed by atoms with E-state index in [-0.39, 0.29) is 12.3 Å². The van der Waals surface area contributed by atoms with Gasteiger partial charge >= 0.3 is 12.1 Å². The van der Waals surface area contributed by atoms with Crippen LogP contribution >= 0.6 is 80.0 Å². The Hall–Kier alpha value is -1.28. The summed E-state index contributed by atoms with van der Waals surface area (Å²) in [6.45, 7) is 5.46. The van der Waals surface area contributed by atoms with Crippen molar-refractivity contribution in [2.24, 2.45) is 0 Å².